The third-order valence-electron chi connectivity index (χ3n) is 3.83. The summed E-state index contributed by atoms with van der Waals surface area (Å²) in [5.41, 5.74) is 1.73. The fourth-order valence-corrected chi connectivity index (χ4v) is 2.75. The largest absolute Gasteiger partial charge is 0.454 e. The molecule has 4 nitrogen and oxygen atoms in total. The van der Waals surface area contributed by atoms with Crippen LogP contribution in [-0.4, -0.2) is 6.79 Å². The molecule has 106 valence electrons. The predicted molar refractivity (Wildman–Crippen MR) is 80.5 cm³/mol. The van der Waals surface area contributed by atoms with Crippen molar-refractivity contribution in [2.75, 3.05) is 6.79 Å². The number of benzene rings is 2. The number of ether oxygens (including phenoxy) is 2. The molecule has 0 unspecified atom stereocenters. The summed E-state index contributed by atoms with van der Waals surface area (Å²) in [6.07, 6.45) is 1.95. The third-order valence-corrected chi connectivity index (χ3v) is 3.83. The van der Waals surface area contributed by atoms with Crippen molar-refractivity contribution in [1.29, 1.82) is 5.26 Å². The molecule has 0 amide bonds. The van der Waals surface area contributed by atoms with Crippen LogP contribution in [0.5, 0.6) is 11.5 Å². The summed E-state index contributed by atoms with van der Waals surface area (Å²) < 4.78 is 12.7. The molecule has 0 spiro atoms. The second-order valence-electron chi connectivity index (χ2n) is 5.18. The minimum Gasteiger partial charge on any atom is -0.454 e. The molecular weight excluding hydrogens is 276 g/mol. The molecule has 0 radical (unpaired) electrons. The highest BCUT2D eigenvalue weighted by atomic mass is 16.7. The predicted octanol–water partition coefficient (Wildman–Crippen LogP) is 2.78. The highest BCUT2D eigenvalue weighted by Gasteiger charge is 2.18. The number of aromatic nitrogens is 1. The highest BCUT2D eigenvalue weighted by Crippen LogP contribution is 2.32. The van der Waals surface area contributed by atoms with Gasteiger partial charge in [0, 0.05) is 11.6 Å². The lowest BCUT2D eigenvalue weighted by Gasteiger charge is -2.04. The fraction of sp³-hybridized carbons (Fsp3) is 0.111. The molecule has 0 saturated carbocycles. The average molecular weight is 289 g/mol. The van der Waals surface area contributed by atoms with Crippen LogP contribution in [0.2, 0.25) is 0 Å². The standard InChI is InChI=1S/C18H13N2O2/c19-10-16-15-4-2-1-3-14(15)7-8-20(16)11-13-5-6-17-18(9-13)22-12-21-17/h1-9H,11-12H2/q+1. The Labute approximate surface area is 127 Å². The van der Waals surface area contributed by atoms with E-state index in [0.29, 0.717) is 12.2 Å². The Hall–Kier alpha value is -3.06. The smallest absolute Gasteiger partial charge is 0.291 e. The van der Waals surface area contributed by atoms with Crippen LogP contribution in [0, 0.1) is 11.3 Å². The molecule has 0 atom stereocenters. The van der Waals surface area contributed by atoms with E-state index in [4.69, 9.17) is 9.47 Å². The normalized spacial score (nSPS) is 12.3. The second kappa shape index (κ2) is 5.05. The number of fused-ring (bicyclic) bond motifs is 2. The maximum Gasteiger partial charge on any atom is 0.291 e. The quantitative estimate of drug-likeness (QED) is 0.681. The molecule has 2 heterocycles. The first-order chi connectivity index (χ1) is 10.8. The van der Waals surface area contributed by atoms with E-state index in [-0.39, 0.29) is 6.79 Å². The van der Waals surface area contributed by atoms with Gasteiger partial charge in [0.2, 0.25) is 6.79 Å². The first-order valence-electron chi connectivity index (χ1n) is 7.05. The summed E-state index contributed by atoms with van der Waals surface area (Å²) in [6.45, 7) is 0.885. The van der Waals surface area contributed by atoms with Gasteiger partial charge in [-0.3, -0.25) is 0 Å². The van der Waals surface area contributed by atoms with Gasteiger partial charge < -0.3 is 9.47 Å². The Morgan fingerprint density at radius 1 is 1.05 bits per heavy atom. The Balaban J connectivity index is 1.77. The monoisotopic (exact) mass is 289 g/mol. The van der Waals surface area contributed by atoms with Gasteiger partial charge in [0.1, 0.15) is 0 Å². The molecule has 1 aromatic heterocycles. The maximum absolute atomic E-state index is 9.53. The first-order valence-corrected chi connectivity index (χ1v) is 7.05. The van der Waals surface area contributed by atoms with Crippen LogP contribution >= 0.6 is 0 Å². The van der Waals surface area contributed by atoms with Crippen molar-refractivity contribution < 1.29 is 14.0 Å². The van der Waals surface area contributed by atoms with Gasteiger partial charge in [0.25, 0.3) is 5.69 Å². The minimum atomic E-state index is 0.269. The molecule has 0 bridgehead atoms. The van der Waals surface area contributed by atoms with E-state index < -0.39 is 0 Å². The van der Waals surface area contributed by atoms with Gasteiger partial charge in [-0.25, -0.2) is 0 Å². The SMILES string of the molecule is N#Cc1c2ccccc2cc[n+]1Cc1ccc2c(c1)OCO2. The van der Waals surface area contributed by atoms with E-state index in [1.165, 1.54) is 0 Å². The Kier molecular flexibility index (Phi) is 2.90. The van der Waals surface area contributed by atoms with Crippen molar-refractivity contribution in [1.82, 2.24) is 0 Å². The van der Waals surface area contributed by atoms with Gasteiger partial charge in [-0.2, -0.15) is 9.83 Å². The highest BCUT2D eigenvalue weighted by molar-refractivity contribution is 5.85. The van der Waals surface area contributed by atoms with Crippen LogP contribution in [-0.2, 0) is 6.54 Å². The van der Waals surface area contributed by atoms with Crippen molar-refractivity contribution in [2.24, 2.45) is 0 Å². The van der Waals surface area contributed by atoms with Crippen LogP contribution in [0.15, 0.2) is 54.7 Å². The van der Waals surface area contributed by atoms with Crippen molar-refractivity contribution >= 4 is 10.8 Å². The van der Waals surface area contributed by atoms with Gasteiger partial charge in [0.15, 0.2) is 30.3 Å². The summed E-state index contributed by atoms with van der Waals surface area (Å²) in [5, 5.41) is 11.6. The molecule has 0 fully saturated rings. The number of pyridine rings is 1. The van der Waals surface area contributed by atoms with Crippen LogP contribution in [0.4, 0.5) is 0 Å². The Morgan fingerprint density at radius 3 is 2.82 bits per heavy atom. The Bertz CT molecular complexity index is 913. The topological polar surface area (TPSA) is 46.1 Å². The lowest BCUT2D eigenvalue weighted by atomic mass is 10.1. The lowest BCUT2D eigenvalue weighted by molar-refractivity contribution is -0.689. The van der Waals surface area contributed by atoms with Crippen LogP contribution in [0.3, 0.4) is 0 Å². The van der Waals surface area contributed by atoms with Gasteiger partial charge in [-0.05, 0) is 29.7 Å². The molecule has 1 aliphatic rings. The van der Waals surface area contributed by atoms with Crippen molar-refractivity contribution in [3.63, 3.8) is 0 Å². The van der Waals surface area contributed by atoms with E-state index >= 15 is 0 Å². The van der Waals surface area contributed by atoms with Gasteiger partial charge in [-0.15, -0.1) is 0 Å². The second-order valence-corrected chi connectivity index (χ2v) is 5.18. The molecule has 22 heavy (non-hydrogen) atoms. The van der Waals surface area contributed by atoms with E-state index in [9.17, 15) is 5.26 Å². The molecule has 4 rings (SSSR count). The molecular formula is C18H13N2O2+. The summed E-state index contributed by atoms with van der Waals surface area (Å²) in [4.78, 5) is 0. The summed E-state index contributed by atoms with van der Waals surface area (Å²) in [5.74, 6) is 1.53. The first kappa shape index (κ1) is 12.7. The molecule has 0 aliphatic carbocycles. The van der Waals surface area contributed by atoms with Gasteiger partial charge in [0.05, 0.1) is 5.39 Å². The molecule has 0 N–H and O–H groups in total. The molecule has 4 heteroatoms. The zero-order chi connectivity index (χ0) is 14.9. The number of hydrogen-bond donors (Lipinski definition) is 0. The third kappa shape index (κ3) is 2.04. The van der Waals surface area contributed by atoms with Gasteiger partial charge >= 0.3 is 0 Å². The molecule has 2 aromatic carbocycles. The molecule has 0 saturated heterocycles. The Morgan fingerprint density at radius 2 is 1.91 bits per heavy atom. The summed E-state index contributed by atoms with van der Waals surface area (Å²) in [6, 6.07) is 18.1. The van der Waals surface area contributed by atoms with Crippen molar-refractivity contribution in [2.45, 2.75) is 6.54 Å². The zero-order valence-corrected chi connectivity index (χ0v) is 11.8. The van der Waals surface area contributed by atoms with E-state index in [0.717, 1.165) is 27.8 Å². The molecule has 3 aromatic rings. The van der Waals surface area contributed by atoms with E-state index in [1.54, 1.807) is 0 Å². The van der Waals surface area contributed by atoms with Crippen LogP contribution in [0.25, 0.3) is 10.8 Å². The van der Waals surface area contributed by atoms with E-state index in [1.807, 2.05) is 59.3 Å². The lowest BCUT2D eigenvalue weighted by Crippen LogP contribution is -2.37. The zero-order valence-electron chi connectivity index (χ0n) is 11.8. The van der Waals surface area contributed by atoms with Crippen molar-refractivity contribution in [3.05, 3.63) is 66.0 Å². The maximum atomic E-state index is 9.53. The average Bonchev–Trinajstić information content (AvgIpc) is 3.02. The van der Waals surface area contributed by atoms with Crippen molar-refractivity contribution in [3.8, 4) is 17.6 Å². The fourth-order valence-electron chi connectivity index (χ4n) is 2.75. The molecule has 1 aliphatic heterocycles. The summed E-state index contributed by atoms with van der Waals surface area (Å²) in [7, 11) is 0. The minimum absolute atomic E-state index is 0.269. The van der Waals surface area contributed by atoms with Gasteiger partial charge in [-0.1, -0.05) is 18.2 Å². The number of nitrogens with zero attached hydrogens (tertiary/aromatic N) is 2. The van der Waals surface area contributed by atoms with E-state index in [2.05, 4.69) is 6.07 Å². The summed E-state index contributed by atoms with van der Waals surface area (Å²) >= 11 is 0. The van der Waals surface area contributed by atoms with Crippen LogP contribution in [0.1, 0.15) is 11.3 Å². The van der Waals surface area contributed by atoms with Crippen LogP contribution < -0.4 is 14.0 Å². The number of hydrogen-bond acceptors (Lipinski definition) is 3. The number of rotatable bonds is 2. The number of nitriles is 1.